The van der Waals surface area contributed by atoms with Crippen LogP contribution in [0.1, 0.15) is 33.5 Å². The van der Waals surface area contributed by atoms with Gasteiger partial charge in [-0.2, -0.15) is 0 Å². The van der Waals surface area contributed by atoms with E-state index in [9.17, 15) is 9.18 Å². The molecule has 3 rings (SSSR count). The van der Waals surface area contributed by atoms with E-state index in [4.69, 9.17) is 0 Å². The van der Waals surface area contributed by atoms with Gasteiger partial charge in [0.15, 0.2) is 0 Å². The van der Waals surface area contributed by atoms with E-state index in [2.05, 4.69) is 21.2 Å². The lowest BCUT2D eigenvalue weighted by Crippen LogP contribution is -2.19. The zero-order chi connectivity index (χ0) is 15.0. The summed E-state index contributed by atoms with van der Waals surface area (Å²) in [5.74, 6) is -0.358. The first-order chi connectivity index (χ1) is 10.0. The molecular weight excluding hydrogens is 333 g/mol. The second-order valence-electron chi connectivity index (χ2n) is 5.36. The molecule has 0 saturated heterocycles. The van der Waals surface area contributed by atoms with Crippen LogP contribution in [0.2, 0.25) is 0 Å². The summed E-state index contributed by atoms with van der Waals surface area (Å²) in [6.45, 7) is 2.02. The van der Waals surface area contributed by atoms with Gasteiger partial charge in [0, 0.05) is 17.7 Å². The lowest BCUT2D eigenvalue weighted by molar-refractivity contribution is -0.116. The van der Waals surface area contributed by atoms with E-state index in [-0.39, 0.29) is 16.6 Å². The molecule has 2 aromatic rings. The molecule has 0 spiro atoms. The number of halogens is 2. The monoisotopic (exact) mass is 347 g/mol. The predicted octanol–water partition coefficient (Wildman–Crippen LogP) is 4.50. The minimum absolute atomic E-state index is 0.0521. The van der Waals surface area contributed by atoms with Gasteiger partial charge >= 0.3 is 0 Å². The SMILES string of the molecule is Cc1cccc(C(Br)c2cc3c(cc2F)NC(=O)CC3)c1. The van der Waals surface area contributed by atoms with Gasteiger partial charge < -0.3 is 5.32 Å². The molecule has 108 valence electrons. The van der Waals surface area contributed by atoms with Gasteiger partial charge in [0.05, 0.1) is 4.83 Å². The van der Waals surface area contributed by atoms with Gasteiger partial charge in [-0.15, -0.1) is 0 Å². The standard InChI is InChI=1S/C17H15BrFNO/c1-10-3-2-4-12(7-10)17(18)13-8-11-5-6-16(21)20-15(11)9-14(13)19/h2-4,7-9,17H,5-6H2,1H3,(H,20,21). The zero-order valence-corrected chi connectivity index (χ0v) is 13.2. The van der Waals surface area contributed by atoms with E-state index in [1.165, 1.54) is 6.07 Å². The Hall–Kier alpha value is -1.68. The van der Waals surface area contributed by atoms with E-state index < -0.39 is 0 Å². The number of nitrogens with one attached hydrogen (secondary N) is 1. The van der Waals surface area contributed by atoms with Gasteiger partial charge in [0.2, 0.25) is 5.91 Å². The summed E-state index contributed by atoms with van der Waals surface area (Å²) in [6, 6.07) is 11.3. The van der Waals surface area contributed by atoms with Crippen LogP contribution in [0, 0.1) is 12.7 Å². The number of rotatable bonds is 2. The summed E-state index contributed by atoms with van der Waals surface area (Å²) in [5, 5.41) is 2.72. The molecule has 0 bridgehead atoms. The number of carbonyl (C=O) groups excluding carboxylic acids is 1. The molecule has 1 aliphatic heterocycles. The average molecular weight is 348 g/mol. The first-order valence-electron chi connectivity index (χ1n) is 6.87. The third-order valence-corrected chi connectivity index (χ3v) is 4.75. The lowest BCUT2D eigenvalue weighted by Gasteiger charge is -2.20. The Morgan fingerprint density at radius 1 is 1.24 bits per heavy atom. The quantitative estimate of drug-likeness (QED) is 0.796. The van der Waals surface area contributed by atoms with Gasteiger partial charge in [0.1, 0.15) is 5.82 Å². The summed E-state index contributed by atoms with van der Waals surface area (Å²) in [4.78, 5) is 11.2. The van der Waals surface area contributed by atoms with Crippen LogP contribution in [0.5, 0.6) is 0 Å². The van der Waals surface area contributed by atoms with Gasteiger partial charge in [-0.1, -0.05) is 45.8 Å². The molecule has 1 amide bonds. The van der Waals surface area contributed by atoms with Crippen molar-refractivity contribution in [2.24, 2.45) is 0 Å². The molecular formula is C17H15BrFNO. The maximum absolute atomic E-state index is 14.4. The maximum atomic E-state index is 14.4. The topological polar surface area (TPSA) is 29.1 Å². The molecule has 21 heavy (non-hydrogen) atoms. The molecule has 1 atom stereocenters. The number of hydrogen-bond acceptors (Lipinski definition) is 1. The Kier molecular flexibility index (Phi) is 3.81. The fourth-order valence-electron chi connectivity index (χ4n) is 2.62. The first-order valence-corrected chi connectivity index (χ1v) is 7.79. The van der Waals surface area contributed by atoms with Crippen molar-refractivity contribution in [3.8, 4) is 0 Å². The van der Waals surface area contributed by atoms with E-state index in [0.29, 0.717) is 24.1 Å². The van der Waals surface area contributed by atoms with Crippen molar-refractivity contribution >= 4 is 27.5 Å². The molecule has 2 aromatic carbocycles. The molecule has 0 fully saturated rings. The van der Waals surface area contributed by atoms with Crippen LogP contribution in [-0.2, 0) is 11.2 Å². The largest absolute Gasteiger partial charge is 0.326 e. The number of aryl methyl sites for hydroxylation is 2. The van der Waals surface area contributed by atoms with Crippen LogP contribution in [0.3, 0.4) is 0 Å². The van der Waals surface area contributed by atoms with Crippen molar-refractivity contribution in [3.63, 3.8) is 0 Å². The van der Waals surface area contributed by atoms with Crippen molar-refractivity contribution in [1.82, 2.24) is 0 Å². The summed E-state index contributed by atoms with van der Waals surface area (Å²) >= 11 is 3.59. The lowest BCUT2D eigenvalue weighted by atomic mass is 9.96. The molecule has 1 heterocycles. The fourth-order valence-corrected chi connectivity index (χ4v) is 3.26. The van der Waals surface area contributed by atoms with Crippen molar-refractivity contribution in [2.45, 2.75) is 24.6 Å². The molecule has 0 saturated carbocycles. The number of hydrogen-bond donors (Lipinski definition) is 1. The fraction of sp³-hybridized carbons (Fsp3) is 0.235. The zero-order valence-electron chi connectivity index (χ0n) is 11.6. The Morgan fingerprint density at radius 3 is 2.81 bits per heavy atom. The van der Waals surface area contributed by atoms with Crippen LogP contribution in [0.4, 0.5) is 10.1 Å². The number of carbonyl (C=O) groups is 1. The molecule has 0 radical (unpaired) electrons. The second-order valence-corrected chi connectivity index (χ2v) is 6.27. The highest BCUT2D eigenvalue weighted by Crippen LogP contribution is 2.36. The summed E-state index contributed by atoms with van der Waals surface area (Å²) in [6.07, 6.45) is 1.11. The third-order valence-electron chi connectivity index (χ3n) is 3.73. The highest BCUT2D eigenvalue weighted by molar-refractivity contribution is 9.09. The van der Waals surface area contributed by atoms with Gasteiger partial charge in [-0.05, 0) is 36.6 Å². The van der Waals surface area contributed by atoms with E-state index in [1.54, 1.807) is 0 Å². The van der Waals surface area contributed by atoms with Crippen LogP contribution in [0.15, 0.2) is 36.4 Å². The van der Waals surface area contributed by atoms with Crippen LogP contribution >= 0.6 is 15.9 Å². The first kappa shape index (κ1) is 14.3. The van der Waals surface area contributed by atoms with Gasteiger partial charge in [-0.3, -0.25) is 4.79 Å². The Bertz CT molecular complexity index is 714. The number of alkyl halides is 1. The maximum Gasteiger partial charge on any atom is 0.224 e. The minimum Gasteiger partial charge on any atom is -0.326 e. The van der Waals surface area contributed by atoms with Crippen molar-refractivity contribution < 1.29 is 9.18 Å². The highest BCUT2D eigenvalue weighted by atomic mass is 79.9. The number of anilines is 1. The molecule has 0 aromatic heterocycles. The predicted molar refractivity (Wildman–Crippen MR) is 85.3 cm³/mol. The normalized spacial score (nSPS) is 15.3. The van der Waals surface area contributed by atoms with Crippen LogP contribution in [0.25, 0.3) is 0 Å². The molecule has 4 heteroatoms. The second kappa shape index (κ2) is 5.60. The number of benzene rings is 2. The van der Waals surface area contributed by atoms with E-state index >= 15 is 0 Å². The Morgan fingerprint density at radius 2 is 2.05 bits per heavy atom. The van der Waals surface area contributed by atoms with Crippen molar-refractivity contribution in [3.05, 3.63) is 64.5 Å². The van der Waals surface area contributed by atoms with E-state index in [1.807, 2.05) is 37.3 Å². The Balaban J connectivity index is 2.01. The van der Waals surface area contributed by atoms with Gasteiger partial charge in [-0.25, -0.2) is 4.39 Å². The van der Waals surface area contributed by atoms with Crippen LogP contribution in [-0.4, -0.2) is 5.91 Å². The average Bonchev–Trinajstić information content (AvgIpc) is 2.45. The smallest absolute Gasteiger partial charge is 0.224 e. The van der Waals surface area contributed by atoms with E-state index in [0.717, 1.165) is 16.7 Å². The molecule has 1 N–H and O–H groups in total. The molecule has 0 aliphatic carbocycles. The van der Waals surface area contributed by atoms with Crippen molar-refractivity contribution in [1.29, 1.82) is 0 Å². The third kappa shape index (κ3) is 2.86. The summed E-state index contributed by atoms with van der Waals surface area (Å²) in [7, 11) is 0. The van der Waals surface area contributed by atoms with Gasteiger partial charge in [0.25, 0.3) is 0 Å². The number of fused-ring (bicyclic) bond motifs is 1. The number of amides is 1. The highest BCUT2D eigenvalue weighted by Gasteiger charge is 2.21. The summed E-state index contributed by atoms with van der Waals surface area (Å²) in [5.41, 5.74) is 4.35. The van der Waals surface area contributed by atoms with Crippen LogP contribution < -0.4 is 5.32 Å². The Labute approximate surface area is 131 Å². The summed E-state index contributed by atoms with van der Waals surface area (Å²) < 4.78 is 14.4. The minimum atomic E-state index is -0.306. The van der Waals surface area contributed by atoms with Crippen molar-refractivity contribution in [2.75, 3.05) is 5.32 Å². The molecule has 2 nitrogen and oxygen atoms in total. The molecule has 1 aliphatic rings. The molecule has 1 unspecified atom stereocenters.